The largest absolute Gasteiger partial charge is 0.481 e. The van der Waals surface area contributed by atoms with Crippen LogP contribution in [0.25, 0.3) is 0 Å². The van der Waals surface area contributed by atoms with Gasteiger partial charge >= 0.3 is 5.97 Å². The van der Waals surface area contributed by atoms with E-state index in [2.05, 4.69) is 5.32 Å². The van der Waals surface area contributed by atoms with Crippen LogP contribution in [0.2, 0.25) is 0 Å². The van der Waals surface area contributed by atoms with Crippen LogP contribution in [-0.4, -0.2) is 35.2 Å². The first-order chi connectivity index (χ1) is 9.06. The number of nitrogens with one attached hydrogen (secondary N) is 1. The highest BCUT2D eigenvalue weighted by molar-refractivity contribution is 5.86. The molecule has 3 rings (SSSR count). The first-order valence-corrected chi connectivity index (χ1v) is 6.86. The molecule has 2 saturated carbocycles. The first kappa shape index (κ1) is 12.7. The minimum absolute atomic E-state index is 0.00553. The fourth-order valence-corrected chi connectivity index (χ4v) is 3.48. The van der Waals surface area contributed by atoms with E-state index in [1.807, 2.05) is 12.2 Å². The van der Waals surface area contributed by atoms with Gasteiger partial charge in [-0.1, -0.05) is 12.2 Å². The minimum atomic E-state index is -0.875. The molecule has 3 aliphatic rings. The summed E-state index contributed by atoms with van der Waals surface area (Å²) < 4.78 is 0. The minimum Gasteiger partial charge on any atom is -0.481 e. The molecule has 19 heavy (non-hydrogen) atoms. The molecular formula is C14H19NO4. The smallest absolute Gasteiger partial charge is 0.307 e. The van der Waals surface area contributed by atoms with E-state index < -0.39 is 17.8 Å². The topological polar surface area (TPSA) is 86.6 Å². The third kappa shape index (κ3) is 2.06. The summed E-state index contributed by atoms with van der Waals surface area (Å²) in [6.45, 7) is 0.554. The molecule has 2 fully saturated rings. The Bertz CT molecular complexity index is 441. The van der Waals surface area contributed by atoms with E-state index in [1.54, 1.807) is 0 Å². The van der Waals surface area contributed by atoms with Crippen molar-refractivity contribution in [2.24, 2.45) is 29.1 Å². The van der Waals surface area contributed by atoms with E-state index in [9.17, 15) is 19.8 Å². The standard InChI is InChI=1S/C14H19NO4/c16-7-14(3-4-14)6-15-12(17)10-8-1-2-9(5-8)11(10)13(18)19/h1-2,8-11,16H,3-7H2,(H,15,17)(H,18,19)/t8?,9?,10-,11+/m0/s1. The van der Waals surface area contributed by atoms with E-state index in [0.717, 1.165) is 19.3 Å². The summed E-state index contributed by atoms with van der Waals surface area (Å²) >= 11 is 0. The number of carboxylic acid groups (broad SMARTS) is 1. The lowest BCUT2D eigenvalue weighted by Crippen LogP contribution is -2.42. The fourth-order valence-electron chi connectivity index (χ4n) is 3.48. The summed E-state index contributed by atoms with van der Waals surface area (Å²) in [5.74, 6) is -1.99. The maximum absolute atomic E-state index is 12.3. The van der Waals surface area contributed by atoms with Crippen molar-refractivity contribution in [2.75, 3.05) is 13.2 Å². The molecule has 3 N–H and O–H groups in total. The zero-order chi connectivity index (χ0) is 13.6. The van der Waals surface area contributed by atoms with Crippen molar-refractivity contribution >= 4 is 11.9 Å². The average Bonchev–Trinajstić information content (AvgIpc) is 2.88. The fraction of sp³-hybridized carbons (Fsp3) is 0.714. The van der Waals surface area contributed by atoms with Gasteiger partial charge in [0.15, 0.2) is 0 Å². The number of carbonyl (C=O) groups excluding carboxylic acids is 1. The number of carbonyl (C=O) groups is 2. The third-order valence-electron chi connectivity index (χ3n) is 4.98. The molecular weight excluding hydrogens is 246 g/mol. The van der Waals surface area contributed by atoms with Gasteiger partial charge in [-0.25, -0.2) is 0 Å². The molecule has 3 aliphatic carbocycles. The Morgan fingerprint density at radius 3 is 2.37 bits per heavy atom. The Balaban J connectivity index is 1.65. The molecule has 4 atom stereocenters. The number of hydrogen-bond acceptors (Lipinski definition) is 3. The molecule has 5 heteroatoms. The number of aliphatic hydroxyl groups is 1. The van der Waals surface area contributed by atoms with Crippen molar-refractivity contribution in [1.82, 2.24) is 5.32 Å². The highest BCUT2D eigenvalue weighted by atomic mass is 16.4. The van der Waals surface area contributed by atoms with Crippen molar-refractivity contribution in [1.29, 1.82) is 0 Å². The number of allylic oxidation sites excluding steroid dienone is 2. The van der Waals surface area contributed by atoms with Gasteiger partial charge in [0.25, 0.3) is 0 Å². The number of rotatable bonds is 5. The van der Waals surface area contributed by atoms with E-state index in [-0.39, 0.29) is 29.8 Å². The highest BCUT2D eigenvalue weighted by Crippen LogP contribution is 2.49. The molecule has 0 saturated heterocycles. The van der Waals surface area contributed by atoms with Crippen LogP contribution in [0.4, 0.5) is 0 Å². The van der Waals surface area contributed by atoms with Gasteiger partial charge < -0.3 is 15.5 Å². The molecule has 0 radical (unpaired) electrons. The lowest BCUT2D eigenvalue weighted by Gasteiger charge is -2.24. The molecule has 5 nitrogen and oxygen atoms in total. The Morgan fingerprint density at radius 1 is 1.21 bits per heavy atom. The summed E-state index contributed by atoms with van der Waals surface area (Å²) in [7, 11) is 0. The highest BCUT2D eigenvalue weighted by Gasteiger charge is 2.52. The Morgan fingerprint density at radius 2 is 1.84 bits per heavy atom. The second-order valence-electron chi connectivity index (χ2n) is 6.21. The van der Waals surface area contributed by atoms with Gasteiger partial charge in [0.2, 0.25) is 5.91 Å². The van der Waals surface area contributed by atoms with Crippen LogP contribution in [0.5, 0.6) is 0 Å². The van der Waals surface area contributed by atoms with E-state index in [1.165, 1.54) is 0 Å². The van der Waals surface area contributed by atoms with Crippen molar-refractivity contribution in [2.45, 2.75) is 19.3 Å². The maximum atomic E-state index is 12.3. The Kier molecular flexibility index (Phi) is 2.89. The summed E-state index contributed by atoms with van der Waals surface area (Å²) in [6.07, 6.45) is 6.56. The lowest BCUT2D eigenvalue weighted by molar-refractivity contribution is -0.147. The number of hydrogen-bond donors (Lipinski definition) is 3. The number of fused-ring (bicyclic) bond motifs is 2. The van der Waals surface area contributed by atoms with Crippen molar-refractivity contribution in [3.63, 3.8) is 0 Å². The van der Waals surface area contributed by atoms with Gasteiger partial charge in [0.05, 0.1) is 18.4 Å². The summed E-state index contributed by atoms with van der Waals surface area (Å²) in [5.41, 5.74) is -0.137. The second-order valence-corrected chi connectivity index (χ2v) is 6.21. The van der Waals surface area contributed by atoms with Gasteiger partial charge in [-0.3, -0.25) is 9.59 Å². The molecule has 2 unspecified atom stereocenters. The monoisotopic (exact) mass is 265 g/mol. The van der Waals surface area contributed by atoms with E-state index in [0.29, 0.717) is 6.54 Å². The Hall–Kier alpha value is -1.36. The number of aliphatic hydroxyl groups excluding tert-OH is 1. The summed E-state index contributed by atoms with van der Waals surface area (Å²) in [6, 6.07) is 0. The molecule has 0 aromatic heterocycles. The second kappa shape index (κ2) is 4.34. The summed E-state index contributed by atoms with van der Waals surface area (Å²) in [4.78, 5) is 23.6. The van der Waals surface area contributed by atoms with Gasteiger partial charge in [-0.05, 0) is 31.1 Å². The van der Waals surface area contributed by atoms with E-state index >= 15 is 0 Å². The van der Waals surface area contributed by atoms with Crippen LogP contribution < -0.4 is 5.32 Å². The predicted molar refractivity (Wildman–Crippen MR) is 67.1 cm³/mol. The number of carboxylic acids is 1. The van der Waals surface area contributed by atoms with Gasteiger partial charge in [-0.15, -0.1) is 0 Å². The van der Waals surface area contributed by atoms with Gasteiger partial charge in [0.1, 0.15) is 0 Å². The zero-order valence-corrected chi connectivity index (χ0v) is 10.7. The van der Waals surface area contributed by atoms with Crippen molar-refractivity contribution in [3.8, 4) is 0 Å². The number of aliphatic carboxylic acids is 1. The third-order valence-corrected chi connectivity index (χ3v) is 4.98. The van der Waals surface area contributed by atoms with E-state index in [4.69, 9.17) is 0 Å². The maximum Gasteiger partial charge on any atom is 0.307 e. The predicted octanol–water partition coefficient (Wildman–Crippen LogP) is 0.398. The molecule has 0 aliphatic heterocycles. The molecule has 0 aromatic rings. The molecule has 0 aromatic carbocycles. The molecule has 1 amide bonds. The van der Waals surface area contributed by atoms with Gasteiger partial charge in [-0.2, -0.15) is 0 Å². The van der Waals surface area contributed by atoms with Crippen molar-refractivity contribution < 1.29 is 19.8 Å². The quantitative estimate of drug-likeness (QED) is 0.628. The molecule has 0 heterocycles. The first-order valence-electron chi connectivity index (χ1n) is 6.86. The molecule has 104 valence electrons. The lowest BCUT2D eigenvalue weighted by atomic mass is 9.82. The SMILES string of the molecule is O=C(O)[C@@H]1C2C=CC(C2)[C@@H]1C(=O)NCC1(CO)CC1. The van der Waals surface area contributed by atoms with Crippen LogP contribution in [-0.2, 0) is 9.59 Å². The van der Waals surface area contributed by atoms with Crippen LogP contribution in [0.1, 0.15) is 19.3 Å². The van der Waals surface area contributed by atoms with Crippen molar-refractivity contribution in [3.05, 3.63) is 12.2 Å². The molecule has 0 spiro atoms. The normalized spacial score (nSPS) is 37.3. The van der Waals surface area contributed by atoms with Crippen LogP contribution in [0.3, 0.4) is 0 Å². The zero-order valence-electron chi connectivity index (χ0n) is 10.7. The number of amides is 1. The van der Waals surface area contributed by atoms with Crippen LogP contribution in [0.15, 0.2) is 12.2 Å². The average molecular weight is 265 g/mol. The Labute approximate surface area is 111 Å². The summed E-state index contributed by atoms with van der Waals surface area (Å²) in [5, 5.41) is 21.4. The van der Waals surface area contributed by atoms with Crippen LogP contribution in [0, 0.1) is 29.1 Å². The van der Waals surface area contributed by atoms with Crippen LogP contribution >= 0.6 is 0 Å². The van der Waals surface area contributed by atoms with Gasteiger partial charge in [0, 0.05) is 12.0 Å². The molecule has 2 bridgehead atoms.